The van der Waals surface area contributed by atoms with E-state index >= 15 is 0 Å². The Morgan fingerprint density at radius 1 is 0.833 bits per heavy atom. The van der Waals surface area contributed by atoms with Gasteiger partial charge in [-0.3, -0.25) is 0 Å². The van der Waals surface area contributed by atoms with E-state index in [0.717, 1.165) is 29.5 Å². The number of rotatable bonds is 0. The molecule has 3 nitrogen and oxygen atoms in total. The molecule has 1 atom stereocenters. The minimum Gasteiger partial charge on any atom is -0.198 e. The van der Waals surface area contributed by atoms with E-state index in [2.05, 4.69) is 36.4 Å². The summed E-state index contributed by atoms with van der Waals surface area (Å²) in [7, 11) is 0. The smallest absolute Gasteiger partial charge is 0.101 e. The summed E-state index contributed by atoms with van der Waals surface area (Å²) >= 11 is 0. The molecule has 4 rings (SSSR count). The van der Waals surface area contributed by atoms with Crippen molar-refractivity contribution in [2.75, 3.05) is 0 Å². The van der Waals surface area contributed by atoms with Crippen LogP contribution in [0.5, 0.6) is 0 Å². The number of hydrogen-bond donors (Lipinski definition) is 0. The molecular weight excluding hydrogens is 294 g/mol. The number of hydrogen-bond acceptors (Lipinski definition) is 3. The van der Waals surface area contributed by atoms with Crippen molar-refractivity contribution in [1.82, 2.24) is 0 Å². The summed E-state index contributed by atoms with van der Waals surface area (Å²) in [6, 6.07) is 18.9. The third kappa shape index (κ3) is 1.88. The van der Waals surface area contributed by atoms with Gasteiger partial charge in [-0.2, -0.15) is 15.8 Å². The van der Waals surface area contributed by atoms with Crippen LogP contribution in [0.3, 0.4) is 0 Å². The molecule has 0 aliphatic heterocycles. The topological polar surface area (TPSA) is 71.4 Å². The van der Waals surface area contributed by atoms with Gasteiger partial charge >= 0.3 is 0 Å². The van der Waals surface area contributed by atoms with Crippen LogP contribution in [0.1, 0.15) is 34.6 Å². The van der Waals surface area contributed by atoms with Gasteiger partial charge in [-0.15, -0.1) is 0 Å². The first-order valence-electron chi connectivity index (χ1n) is 7.96. The first kappa shape index (κ1) is 14.3. The van der Waals surface area contributed by atoms with Crippen molar-refractivity contribution in [3.05, 3.63) is 64.2 Å². The van der Waals surface area contributed by atoms with E-state index in [-0.39, 0.29) is 5.92 Å². The van der Waals surface area contributed by atoms with Crippen molar-refractivity contribution in [1.29, 1.82) is 15.8 Å². The zero-order valence-electron chi connectivity index (χ0n) is 13.0. The minimum atomic E-state index is -0.355. The van der Waals surface area contributed by atoms with E-state index in [1.807, 2.05) is 18.2 Å². The van der Waals surface area contributed by atoms with Gasteiger partial charge in [0, 0.05) is 12.0 Å². The predicted octanol–water partition coefficient (Wildman–Crippen LogP) is 4.26. The van der Waals surface area contributed by atoms with Crippen LogP contribution in [-0.2, 0) is 12.8 Å². The molecule has 3 heteroatoms. The highest BCUT2D eigenvalue weighted by molar-refractivity contribution is 5.89. The van der Waals surface area contributed by atoms with Crippen LogP contribution >= 0.6 is 0 Å². The zero-order chi connectivity index (χ0) is 16.7. The van der Waals surface area contributed by atoms with Gasteiger partial charge in [0.05, 0.1) is 23.6 Å². The Bertz CT molecular complexity index is 1020. The minimum absolute atomic E-state index is 0.334. The quantitative estimate of drug-likeness (QED) is 0.730. The van der Waals surface area contributed by atoms with Crippen LogP contribution in [-0.4, -0.2) is 0 Å². The SMILES string of the molecule is N#CC1=C(C#N)c2ccc3c(c2C(C#N)C1)CCc1ccccc1-3. The predicted molar refractivity (Wildman–Crippen MR) is 90.4 cm³/mol. The van der Waals surface area contributed by atoms with E-state index in [1.54, 1.807) is 0 Å². The number of fused-ring (bicyclic) bond motifs is 5. The van der Waals surface area contributed by atoms with E-state index < -0.39 is 0 Å². The van der Waals surface area contributed by atoms with Crippen molar-refractivity contribution >= 4 is 5.57 Å². The number of nitrogens with zero attached hydrogens (tertiary/aromatic N) is 3. The fourth-order valence-electron chi connectivity index (χ4n) is 3.97. The van der Waals surface area contributed by atoms with Gasteiger partial charge in [0.1, 0.15) is 6.07 Å². The molecule has 0 saturated carbocycles. The second-order valence-corrected chi connectivity index (χ2v) is 6.17. The monoisotopic (exact) mass is 307 g/mol. The second kappa shape index (κ2) is 5.38. The lowest BCUT2D eigenvalue weighted by Crippen LogP contribution is -2.15. The molecule has 0 saturated heterocycles. The summed E-state index contributed by atoms with van der Waals surface area (Å²) < 4.78 is 0. The van der Waals surface area contributed by atoms with Crippen molar-refractivity contribution in [2.24, 2.45) is 0 Å². The Balaban J connectivity index is 2.04. The molecular formula is C21H13N3. The molecule has 1 unspecified atom stereocenters. The summed E-state index contributed by atoms with van der Waals surface area (Å²) in [5.74, 6) is -0.355. The largest absolute Gasteiger partial charge is 0.198 e. The third-order valence-corrected chi connectivity index (χ3v) is 5.04. The molecule has 112 valence electrons. The average molecular weight is 307 g/mol. The van der Waals surface area contributed by atoms with Crippen LogP contribution in [0.2, 0.25) is 0 Å². The van der Waals surface area contributed by atoms with Gasteiger partial charge in [0.2, 0.25) is 0 Å². The molecule has 0 N–H and O–H groups in total. The molecule has 0 heterocycles. The second-order valence-electron chi connectivity index (χ2n) is 6.17. The molecule has 0 amide bonds. The van der Waals surface area contributed by atoms with E-state index in [4.69, 9.17) is 0 Å². The van der Waals surface area contributed by atoms with Crippen molar-refractivity contribution in [3.63, 3.8) is 0 Å². The van der Waals surface area contributed by atoms with Crippen molar-refractivity contribution < 1.29 is 0 Å². The lowest BCUT2D eigenvalue weighted by molar-refractivity contribution is 0.807. The maximum Gasteiger partial charge on any atom is 0.101 e. The standard InChI is InChI=1S/C21H13N3/c22-10-14-9-15(11-23)21-18-6-5-13-3-1-2-4-16(13)17(18)7-8-19(21)20(14)12-24/h1-4,7-8,15H,5-6,9H2. The van der Waals surface area contributed by atoms with E-state index in [0.29, 0.717) is 17.6 Å². The zero-order valence-corrected chi connectivity index (χ0v) is 13.0. The fraction of sp³-hybridized carbons (Fsp3) is 0.190. The molecule has 0 fully saturated rings. The first-order chi connectivity index (χ1) is 11.8. The molecule has 2 aliphatic carbocycles. The maximum atomic E-state index is 9.64. The van der Waals surface area contributed by atoms with Crippen LogP contribution in [0.25, 0.3) is 16.7 Å². The third-order valence-electron chi connectivity index (χ3n) is 5.04. The summed E-state index contributed by atoms with van der Waals surface area (Å²) in [5.41, 5.74) is 7.45. The molecule has 2 aromatic carbocycles. The number of benzene rings is 2. The van der Waals surface area contributed by atoms with Crippen LogP contribution < -0.4 is 0 Å². The van der Waals surface area contributed by atoms with Gasteiger partial charge in [-0.25, -0.2) is 0 Å². The van der Waals surface area contributed by atoms with Gasteiger partial charge in [-0.1, -0.05) is 36.4 Å². The molecule has 2 aromatic rings. The van der Waals surface area contributed by atoms with Crippen molar-refractivity contribution in [3.8, 4) is 29.3 Å². The molecule has 0 aromatic heterocycles. The van der Waals surface area contributed by atoms with E-state index in [1.165, 1.54) is 16.7 Å². The van der Waals surface area contributed by atoms with Crippen LogP contribution in [0.15, 0.2) is 42.0 Å². The number of aryl methyl sites for hydroxylation is 1. The highest BCUT2D eigenvalue weighted by Crippen LogP contribution is 2.45. The molecule has 2 aliphatic rings. The lowest BCUT2D eigenvalue weighted by Gasteiger charge is -2.29. The Kier molecular flexibility index (Phi) is 3.19. The maximum absolute atomic E-state index is 9.64. The Labute approximate surface area is 140 Å². The molecule has 0 spiro atoms. The fourth-order valence-corrected chi connectivity index (χ4v) is 3.97. The van der Waals surface area contributed by atoms with Crippen LogP contribution in [0.4, 0.5) is 0 Å². The van der Waals surface area contributed by atoms with Crippen molar-refractivity contribution in [2.45, 2.75) is 25.2 Å². The summed E-state index contributed by atoms with van der Waals surface area (Å²) in [4.78, 5) is 0. The lowest BCUT2D eigenvalue weighted by atomic mass is 9.73. The van der Waals surface area contributed by atoms with Gasteiger partial charge < -0.3 is 0 Å². The Hall–Kier alpha value is -3.35. The average Bonchev–Trinajstić information content (AvgIpc) is 2.65. The first-order valence-corrected chi connectivity index (χ1v) is 7.96. The van der Waals surface area contributed by atoms with Crippen LogP contribution in [0, 0.1) is 34.0 Å². The number of allylic oxidation sites excluding steroid dienone is 2. The highest BCUT2D eigenvalue weighted by atomic mass is 14.4. The molecule has 24 heavy (non-hydrogen) atoms. The summed E-state index contributed by atoms with van der Waals surface area (Å²) in [6.45, 7) is 0. The van der Waals surface area contributed by atoms with Gasteiger partial charge in [0.25, 0.3) is 0 Å². The number of nitriles is 3. The Morgan fingerprint density at radius 2 is 1.62 bits per heavy atom. The summed E-state index contributed by atoms with van der Waals surface area (Å²) in [5, 5.41) is 28.5. The highest BCUT2D eigenvalue weighted by Gasteiger charge is 2.31. The van der Waals surface area contributed by atoms with Gasteiger partial charge in [-0.05, 0) is 46.2 Å². The molecule has 0 bridgehead atoms. The van der Waals surface area contributed by atoms with E-state index in [9.17, 15) is 15.8 Å². The summed E-state index contributed by atoms with van der Waals surface area (Å²) in [6.07, 6.45) is 2.14. The molecule has 0 radical (unpaired) electrons. The van der Waals surface area contributed by atoms with Gasteiger partial charge in [0.15, 0.2) is 0 Å². The normalized spacial score (nSPS) is 17.6. The Morgan fingerprint density at radius 3 is 2.38 bits per heavy atom.